The summed E-state index contributed by atoms with van der Waals surface area (Å²) in [7, 11) is 0. The van der Waals surface area contributed by atoms with Gasteiger partial charge in [-0.2, -0.15) is 0 Å². The minimum absolute atomic E-state index is 0.509. The van der Waals surface area contributed by atoms with Crippen molar-refractivity contribution in [2.45, 2.75) is 11.4 Å². The van der Waals surface area contributed by atoms with Gasteiger partial charge in [0.2, 0.25) is 0 Å². The Bertz CT molecular complexity index is 201. The van der Waals surface area contributed by atoms with Crippen LogP contribution in [-0.4, -0.2) is 10.2 Å². The summed E-state index contributed by atoms with van der Waals surface area (Å²) >= 11 is 6.96. The van der Waals surface area contributed by atoms with Gasteiger partial charge in [0.15, 0.2) is 18.9 Å². The van der Waals surface area contributed by atoms with E-state index in [4.69, 9.17) is 0 Å². The lowest BCUT2D eigenvalue weighted by Crippen LogP contribution is -2.37. The van der Waals surface area contributed by atoms with Crippen LogP contribution in [0.1, 0.15) is 0 Å². The standard InChI is InChI=1S/C8H10Br2N/c9-6-8(10)7-11-4-2-1-3-5-11/h1-5,8H,6-7H2/q+1/t8-/m0/s1. The van der Waals surface area contributed by atoms with Crippen molar-refractivity contribution in [2.75, 3.05) is 5.33 Å². The molecule has 0 aliphatic heterocycles. The Labute approximate surface area is 83.7 Å². The Morgan fingerprint density at radius 2 is 1.82 bits per heavy atom. The summed E-state index contributed by atoms with van der Waals surface area (Å²) in [6.45, 7) is 1.01. The number of pyridine rings is 1. The summed E-state index contributed by atoms with van der Waals surface area (Å²) in [6, 6.07) is 6.09. The summed E-state index contributed by atoms with van der Waals surface area (Å²) in [5, 5.41) is 0.981. The summed E-state index contributed by atoms with van der Waals surface area (Å²) < 4.78 is 2.15. The van der Waals surface area contributed by atoms with Crippen molar-refractivity contribution in [3.05, 3.63) is 30.6 Å². The van der Waals surface area contributed by atoms with E-state index in [9.17, 15) is 0 Å². The fraction of sp³-hybridized carbons (Fsp3) is 0.375. The molecule has 1 nitrogen and oxygen atoms in total. The first-order valence-corrected chi connectivity index (χ1v) is 5.51. The van der Waals surface area contributed by atoms with E-state index < -0.39 is 0 Å². The van der Waals surface area contributed by atoms with Crippen molar-refractivity contribution >= 4 is 31.9 Å². The van der Waals surface area contributed by atoms with Gasteiger partial charge in [-0.3, -0.25) is 0 Å². The SMILES string of the molecule is BrC[C@H](Br)C[n+]1ccccc1. The third kappa shape index (κ3) is 3.34. The summed E-state index contributed by atoms with van der Waals surface area (Å²) in [6.07, 6.45) is 4.13. The molecule has 1 rings (SSSR count). The Hall–Kier alpha value is 0.110. The van der Waals surface area contributed by atoms with Crippen LogP contribution < -0.4 is 4.57 Å². The van der Waals surface area contributed by atoms with Crippen LogP contribution in [0.3, 0.4) is 0 Å². The van der Waals surface area contributed by atoms with Crippen LogP contribution in [0.2, 0.25) is 0 Å². The molecule has 0 aliphatic carbocycles. The summed E-state index contributed by atoms with van der Waals surface area (Å²) in [5.74, 6) is 0. The molecule has 0 fully saturated rings. The third-order valence-corrected chi connectivity index (χ3v) is 3.62. The molecule has 3 heteroatoms. The molecule has 0 radical (unpaired) electrons. The predicted octanol–water partition coefficient (Wildman–Crippen LogP) is 2.13. The fourth-order valence-corrected chi connectivity index (χ4v) is 1.37. The van der Waals surface area contributed by atoms with E-state index in [0.717, 1.165) is 11.9 Å². The van der Waals surface area contributed by atoms with Gasteiger partial charge in [0, 0.05) is 17.5 Å². The summed E-state index contributed by atoms with van der Waals surface area (Å²) in [4.78, 5) is 0.509. The minimum atomic E-state index is 0.509. The smallest absolute Gasteiger partial charge is 0.168 e. The lowest BCUT2D eigenvalue weighted by atomic mass is 10.4. The molecule has 0 N–H and O–H groups in total. The van der Waals surface area contributed by atoms with Crippen molar-refractivity contribution in [2.24, 2.45) is 0 Å². The Balaban J connectivity index is 2.51. The molecule has 0 saturated heterocycles. The van der Waals surface area contributed by atoms with E-state index in [0.29, 0.717) is 4.83 Å². The second-order valence-corrected chi connectivity index (χ2v) is 4.27. The highest BCUT2D eigenvalue weighted by molar-refractivity contribution is 9.12. The highest BCUT2D eigenvalue weighted by Gasteiger charge is 2.06. The Morgan fingerprint density at radius 3 is 2.36 bits per heavy atom. The zero-order chi connectivity index (χ0) is 8.10. The lowest BCUT2D eigenvalue weighted by molar-refractivity contribution is -0.695. The molecule has 1 aromatic heterocycles. The van der Waals surface area contributed by atoms with Gasteiger partial charge in [-0.1, -0.05) is 37.9 Å². The average molecular weight is 280 g/mol. The molecule has 0 saturated carbocycles. The molecular formula is C8H10Br2N+. The van der Waals surface area contributed by atoms with Crippen molar-refractivity contribution in [3.63, 3.8) is 0 Å². The molecule has 0 unspecified atom stereocenters. The molecule has 0 bridgehead atoms. The highest BCUT2D eigenvalue weighted by atomic mass is 79.9. The van der Waals surface area contributed by atoms with E-state index in [-0.39, 0.29) is 0 Å². The maximum Gasteiger partial charge on any atom is 0.168 e. The third-order valence-electron chi connectivity index (χ3n) is 1.35. The van der Waals surface area contributed by atoms with Gasteiger partial charge >= 0.3 is 0 Å². The second-order valence-electron chi connectivity index (χ2n) is 2.32. The molecule has 11 heavy (non-hydrogen) atoms. The van der Waals surface area contributed by atoms with Gasteiger partial charge in [-0.25, -0.2) is 4.57 Å². The number of alkyl halides is 2. The normalized spacial score (nSPS) is 12.9. The molecular weight excluding hydrogens is 270 g/mol. The van der Waals surface area contributed by atoms with Gasteiger partial charge in [-0.05, 0) is 0 Å². The van der Waals surface area contributed by atoms with Gasteiger partial charge in [0.25, 0.3) is 0 Å². The van der Waals surface area contributed by atoms with Crippen LogP contribution in [0.25, 0.3) is 0 Å². The van der Waals surface area contributed by atoms with Crippen LogP contribution in [0.5, 0.6) is 0 Å². The average Bonchev–Trinajstić information content (AvgIpc) is 2.06. The molecule has 0 aromatic carbocycles. The van der Waals surface area contributed by atoms with Crippen LogP contribution >= 0.6 is 31.9 Å². The number of aromatic nitrogens is 1. The minimum Gasteiger partial charge on any atom is -0.204 e. The number of halogens is 2. The maximum absolute atomic E-state index is 3.55. The number of nitrogens with zero attached hydrogens (tertiary/aromatic N) is 1. The topological polar surface area (TPSA) is 3.88 Å². The van der Waals surface area contributed by atoms with Gasteiger partial charge in [0.1, 0.15) is 0 Å². The van der Waals surface area contributed by atoms with Crippen LogP contribution in [0.15, 0.2) is 30.6 Å². The lowest BCUT2D eigenvalue weighted by Gasteiger charge is -1.99. The molecule has 0 spiro atoms. The zero-order valence-corrected chi connectivity index (χ0v) is 9.25. The second kappa shape index (κ2) is 4.88. The van der Waals surface area contributed by atoms with Crippen LogP contribution in [0, 0.1) is 0 Å². The molecule has 1 aromatic rings. The van der Waals surface area contributed by atoms with E-state index in [1.165, 1.54) is 0 Å². The number of hydrogen-bond acceptors (Lipinski definition) is 0. The van der Waals surface area contributed by atoms with Crippen LogP contribution in [-0.2, 0) is 6.54 Å². The van der Waals surface area contributed by atoms with E-state index in [1.54, 1.807) is 0 Å². The summed E-state index contributed by atoms with van der Waals surface area (Å²) in [5.41, 5.74) is 0. The first-order valence-electron chi connectivity index (χ1n) is 3.47. The van der Waals surface area contributed by atoms with Crippen molar-refractivity contribution < 1.29 is 4.57 Å². The van der Waals surface area contributed by atoms with Crippen molar-refractivity contribution in [1.82, 2.24) is 0 Å². The zero-order valence-electron chi connectivity index (χ0n) is 6.08. The fourth-order valence-electron chi connectivity index (χ4n) is 0.834. The van der Waals surface area contributed by atoms with E-state index in [1.807, 2.05) is 18.2 Å². The Kier molecular flexibility index (Phi) is 4.08. The molecule has 0 aliphatic rings. The van der Waals surface area contributed by atoms with E-state index in [2.05, 4.69) is 48.8 Å². The quantitative estimate of drug-likeness (QED) is 0.590. The van der Waals surface area contributed by atoms with Crippen molar-refractivity contribution in [3.8, 4) is 0 Å². The molecule has 60 valence electrons. The van der Waals surface area contributed by atoms with Crippen molar-refractivity contribution in [1.29, 1.82) is 0 Å². The predicted molar refractivity (Wildman–Crippen MR) is 53.1 cm³/mol. The molecule has 1 atom stereocenters. The largest absolute Gasteiger partial charge is 0.204 e. The first-order chi connectivity index (χ1) is 5.33. The van der Waals surface area contributed by atoms with Gasteiger partial charge < -0.3 is 0 Å². The number of rotatable bonds is 3. The van der Waals surface area contributed by atoms with Gasteiger partial charge in [0.05, 0.1) is 4.83 Å². The maximum atomic E-state index is 3.55. The molecule has 0 amide bonds. The Morgan fingerprint density at radius 1 is 1.18 bits per heavy atom. The monoisotopic (exact) mass is 278 g/mol. The molecule has 1 heterocycles. The number of hydrogen-bond donors (Lipinski definition) is 0. The highest BCUT2D eigenvalue weighted by Crippen LogP contribution is 2.02. The first kappa shape index (κ1) is 9.20. The van der Waals surface area contributed by atoms with Crippen LogP contribution in [0.4, 0.5) is 0 Å². The van der Waals surface area contributed by atoms with Gasteiger partial charge in [-0.15, -0.1) is 0 Å². The van der Waals surface area contributed by atoms with E-state index >= 15 is 0 Å².